The van der Waals surface area contributed by atoms with E-state index in [4.69, 9.17) is 9.47 Å². The molecule has 2 aliphatic heterocycles. The van der Waals surface area contributed by atoms with Crippen molar-refractivity contribution in [1.29, 1.82) is 0 Å². The van der Waals surface area contributed by atoms with E-state index in [-0.39, 0.29) is 36.4 Å². The summed E-state index contributed by atoms with van der Waals surface area (Å²) < 4.78 is 40.0. The third-order valence-corrected chi connectivity index (χ3v) is 8.68. The second-order valence-corrected chi connectivity index (χ2v) is 11.6. The third kappa shape index (κ3) is 5.59. The van der Waals surface area contributed by atoms with Crippen LogP contribution in [0.1, 0.15) is 24.1 Å². The molecule has 2 aliphatic rings. The molecule has 11 nitrogen and oxygen atoms in total. The Morgan fingerprint density at radius 2 is 1.82 bits per heavy atom. The van der Waals surface area contributed by atoms with E-state index in [1.165, 1.54) is 34.6 Å². The second kappa shape index (κ2) is 10.9. The first-order valence-corrected chi connectivity index (χ1v) is 14.1. The fraction of sp³-hybridized carbons (Fsp3) is 0.370. The quantitative estimate of drug-likeness (QED) is 0.283. The van der Waals surface area contributed by atoms with Crippen molar-refractivity contribution in [2.45, 2.75) is 36.8 Å². The minimum absolute atomic E-state index is 0.0839. The van der Waals surface area contributed by atoms with E-state index in [1.807, 2.05) is 37.3 Å². The standard InChI is InChI=1S/C27H30N4O7S/c1-18-14-20(23-4-2-3-5-24(23)28-18)15-38-21-6-8-22(9-7-21)39(35,36)30-27(26(33)29-34)16-31(17-27)25(32)19-10-12-37-13-11-19/h2-9,14,19,30,34H,10-13,15-17H2,1H3,(H,29,33). The van der Waals surface area contributed by atoms with Crippen LogP contribution in [0.3, 0.4) is 0 Å². The topological polar surface area (TPSA) is 147 Å². The molecule has 5 rings (SSSR count). The van der Waals surface area contributed by atoms with Gasteiger partial charge in [-0.25, -0.2) is 13.9 Å². The number of fused-ring (bicyclic) bond motifs is 1. The average Bonchev–Trinajstić information content (AvgIpc) is 2.93. The summed E-state index contributed by atoms with van der Waals surface area (Å²) in [7, 11) is -4.17. The van der Waals surface area contributed by atoms with Gasteiger partial charge in [0.2, 0.25) is 15.9 Å². The maximum absolute atomic E-state index is 13.2. The maximum Gasteiger partial charge on any atom is 0.268 e. The molecule has 2 amide bonds. The summed E-state index contributed by atoms with van der Waals surface area (Å²) >= 11 is 0. The van der Waals surface area contributed by atoms with Gasteiger partial charge in [-0.2, -0.15) is 4.72 Å². The molecule has 3 heterocycles. The molecule has 0 aliphatic carbocycles. The van der Waals surface area contributed by atoms with E-state index in [1.54, 1.807) is 0 Å². The van der Waals surface area contributed by atoms with Crippen LogP contribution >= 0.6 is 0 Å². The first-order chi connectivity index (χ1) is 18.7. The molecule has 0 saturated carbocycles. The summed E-state index contributed by atoms with van der Waals surface area (Å²) in [4.78, 5) is 31.1. The Kier molecular flexibility index (Phi) is 7.54. The number of amides is 2. The van der Waals surface area contributed by atoms with Crippen molar-refractivity contribution < 1.29 is 32.7 Å². The number of aryl methyl sites for hydroxylation is 1. The number of rotatable bonds is 8. The van der Waals surface area contributed by atoms with E-state index in [0.29, 0.717) is 31.8 Å². The van der Waals surface area contributed by atoms with Gasteiger partial charge >= 0.3 is 0 Å². The van der Waals surface area contributed by atoms with Crippen molar-refractivity contribution in [3.8, 4) is 5.75 Å². The molecule has 0 unspecified atom stereocenters. The molecule has 2 aromatic carbocycles. The number of nitrogens with zero attached hydrogens (tertiary/aromatic N) is 2. The second-order valence-electron chi connectivity index (χ2n) is 9.91. The van der Waals surface area contributed by atoms with Crippen molar-refractivity contribution >= 4 is 32.7 Å². The summed E-state index contributed by atoms with van der Waals surface area (Å²) in [5.74, 6) is -0.848. The molecule has 3 N–H and O–H groups in total. The van der Waals surface area contributed by atoms with Gasteiger partial charge in [0.15, 0.2) is 0 Å². The number of pyridine rings is 1. The number of hydroxylamine groups is 1. The number of carbonyl (C=O) groups excluding carboxylic acids is 2. The number of para-hydroxylation sites is 1. The zero-order valence-corrected chi connectivity index (χ0v) is 22.2. The number of likely N-dealkylation sites (tertiary alicyclic amines) is 1. The number of ether oxygens (including phenoxy) is 2. The van der Waals surface area contributed by atoms with Crippen molar-refractivity contribution in [1.82, 2.24) is 20.1 Å². The van der Waals surface area contributed by atoms with Gasteiger partial charge < -0.3 is 14.4 Å². The van der Waals surface area contributed by atoms with Crippen molar-refractivity contribution in [2.75, 3.05) is 26.3 Å². The van der Waals surface area contributed by atoms with Crippen LogP contribution in [0.25, 0.3) is 10.9 Å². The Bertz CT molecular complexity index is 1480. The number of benzene rings is 2. The Balaban J connectivity index is 1.26. The molecule has 0 spiro atoms. The fourth-order valence-electron chi connectivity index (χ4n) is 5.03. The van der Waals surface area contributed by atoms with Crippen LogP contribution in [0.4, 0.5) is 0 Å². The lowest BCUT2D eigenvalue weighted by molar-refractivity contribution is -0.155. The fourth-order valence-corrected chi connectivity index (χ4v) is 6.38. The molecule has 3 aromatic rings. The van der Waals surface area contributed by atoms with Gasteiger partial charge in [0, 0.05) is 35.8 Å². The highest BCUT2D eigenvalue weighted by molar-refractivity contribution is 7.89. The summed E-state index contributed by atoms with van der Waals surface area (Å²) in [6.45, 7) is 2.78. The normalized spacial score (nSPS) is 17.4. The first-order valence-electron chi connectivity index (χ1n) is 12.6. The van der Waals surface area contributed by atoms with E-state index >= 15 is 0 Å². The molecule has 2 saturated heterocycles. The lowest BCUT2D eigenvalue weighted by Gasteiger charge is -2.49. The Hall–Kier alpha value is -3.58. The van der Waals surface area contributed by atoms with Crippen LogP contribution < -0.4 is 14.9 Å². The Morgan fingerprint density at radius 1 is 1.13 bits per heavy atom. The number of carbonyl (C=O) groups is 2. The largest absolute Gasteiger partial charge is 0.489 e. The highest BCUT2D eigenvalue weighted by Crippen LogP contribution is 2.29. The molecule has 39 heavy (non-hydrogen) atoms. The predicted molar refractivity (Wildman–Crippen MR) is 140 cm³/mol. The monoisotopic (exact) mass is 554 g/mol. The minimum atomic E-state index is -4.17. The van der Waals surface area contributed by atoms with Crippen LogP contribution in [0, 0.1) is 12.8 Å². The van der Waals surface area contributed by atoms with E-state index in [2.05, 4.69) is 9.71 Å². The van der Waals surface area contributed by atoms with Crippen LogP contribution in [0.15, 0.2) is 59.5 Å². The Labute approximate surface area is 226 Å². The highest BCUT2D eigenvalue weighted by Gasteiger charge is 2.54. The van der Waals surface area contributed by atoms with Gasteiger partial charge in [-0.05, 0) is 56.2 Å². The Morgan fingerprint density at radius 3 is 2.51 bits per heavy atom. The van der Waals surface area contributed by atoms with Gasteiger partial charge in [-0.15, -0.1) is 0 Å². The van der Waals surface area contributed by atoms with Gasteiger partial charge in [0.1, 0.15) is 17.9 Å². The average molecular weight is 555 g/mol. The minimum Gasteiger partial charge on any atom is -0.489 e. The molecular formula is C27H30N4O7S. The molecule has 0 atom stereocenters. The molecule has 12 heteroatoms. The number of sulfonamides is 1. The zero-order chi connectivity index (χ0) is 27.6. The summed E-state index contributed by atoms with van der Waals surface area (Å²) in [5.41, 5.74) is 2.54. The molecule has 0 bridgehead atoms. The lowest BCUT2D eigenvalue weighted by atomic mass is 9.87. The van der Waals surface area contributed by atoms with Crippen molar-refractivity contribution in [2.24, 2.45) is 5.92 Å². The van der Waals surface area contributed by atoms with E-state index in [9.17, 15) is 23.2 Å². The molecule has 2 fully saturated rings. The van der Waals surface area contributed by atoms with Gasteiger partial charge in [-0.3, -0.25) is 19.8 Å². The molecular weight excluding hydrogens is 524 g/mol. The van der Waals surface area contributed by atoms with Gasteiger partial charge in [0.25, 0.3) is 5.91 Å². The van der Waals surface area contributed by atoms with Crippen LogP contribution in [-0.4, -0.2) is 67.2 Å². The van der Waals surface area contributed by atoms with Gasteiger partial charge in [-0.1, -0.05) is 18.2 Å². The molecule has 206 valence electrons. The zero-order valence-electron chi connectivity index (χ0n) is 21.4. The van der Waals surface area contributed by atoms with E-state index < -0.39 is 21.5 Å². The third-order valence-electron chi connectivity index (χ3n) is 7.13. The number of hydrogen-bond donors (Lipinski definition) is 3. The number of hydrogen-bond acceptors (Lipinski definition) is 8. The lowest BCUT2D eigenvalue weighted by Crippen LogP contribution is -2.77. The summed E-state index contributed by atoms with van der Waals surface area (Å²) in [5, 5.41) is 10.2. The number of aromatic nitrogens is 1. The molecule has 0 radical (unpaired) electrons. The van der Waals surface area contributed by atoms with Crippen molar-refractivity contribution in [3.63, 3.8) is 0 Å². The highest BCUT2D eigenvalue weighted by atomic mass is 32.2. The number of nitrogens with one attached hydrogen (secondary N) is 2. The predicted octanol–water partition coefficient (Wildman–Crippen LogP) is 1.91. The van der Waals surface area contributed by atoms with Crippen LogP contribution in [-0.2, 0) is 31.0 Å². The van der Waals surface area contributed by atoms with Crippen LogP contribution in [0.5, 0.6) is 5.75 Å². The molecule has 1 aromatic heterocycles. The summed E-state index contributed by atoms with van der Waals surface area (Å²) in [6, 6.07) is 15.5. The van der Waals surface area contributed by atoms with Crippen LogP contribution in [0.2, 0.25) is 0 Å². The van der Waals surface area contributed by atoms with Crippen molar-refractivity contribution in [3.05, 3.63) is 65.9 Å². The smallest absolute Gasteiger partial charge is 0.268 e. The SMILES string of the molecule is Cc1cc(COc2ccc(S(=O)(=O)NC3(C(=O)NO)CN(C(=O)C4CCOCC4)C3)cc2)c2ccccc2n1. The maximum atomic E-state index is 13.2. The summed E-state index contributed by atoms with van der Waals surface area (Å²) in [6.07, 6.45) is 1.15. The van der Waals surface area contributed by atoms with E-state index in [0.717, 1.165) is 22.2 Å². The van der Waals surface area contributed by atoms with Gasteiger partial charge in [0.05, 0.1) is 23.5 Å². The first kappa shape index (κ1) is 27.0.